The molecular weight excluding hydrogens is 372 g/mol. The second-order valence-corrected chi connectivity index (χ2v) is 7.01. The van der Waals surface area contributed by atoms with E-state index in [1.807, 2.05) is 30.3 Å². The number of aliphatic hydroxyl groups excluding tert-OH is 1. The van der Waals surface area contributed by atoms with Crippen molar-refractivity contribution >= 4 is 23.3 Å². The lowest BCUT2D eigenvalue weighted by Crippen LogP contribution is -2.65. The van der Waals surface area contributed by atoms with Gasteiger partial charge in [0.15, 0.2) is 11.7 Å². The Morgan fingerprint density at radius 2 is 1.93 bits per heavy atom. The molecule has 0 bridgehead atoms. The molecule has 0 unspecified atom stereocenters. The molecule has 0 radical (unpaired) electrons. The van der Waals surface area contributed by atoms with Crippen molar-refractivity contribution < 1.29 is 19.4 Å². The molecule has 1 aliphatic heterocycles. The van der Waals surface area contributed by atoms with Crippen molar-refractivity contribution in [2.24, 2.45) is 5.73 Å². The van der Waals surface area contributed by atoms with E-state index in [0.29, 0.717) is 17.8 Å². The number of nitrogens with two attached hydrogens (primary N) is 1. The number of ether oxygens (including phenoxy) is 1. The van der Waals surface area contributed by atoms with E-state index in [1.54, 1.807) is 31.3 Å². The number of nitrogen functional groups attached to an aromatic ring is 1. The quantitative estimate of drug-likeness (QED) is 0.423. The smallest absolute Gasteiger partial charge is 0.258 e. The molecule has 5 N–H and O–H groups in total. The first kappa shape index (κ1) is 20.5. The number of likely N-dealkylation sites (N-methyl/N-ethyl adjacent to an activating group) is 1. The number of nitrogens with one attached hydrogen (secondary N) is 2. The van der Waals surface area contributed by atoms with Crippen molar-refractivity contribution in [1.82, 2.24) is 4.90 Å². The van der Waals surface area contributed by atoms with Crippen molar-refractivity contribution in [3.8, 4) is 0 Å². The summed E-state index contributed by atoms with van der Waals surface area (Å²) in [4.78, 5) is 27.3. The normalized spacial score (nSPS) is 20.2. The SMILES string of the molecule is CN1CCO[C@](Cc2ccccc2)([C@@H](O)C(=O)Nc2ccc(C(=N)N)cc2)C1=O. The molecule has 2 atom stereocenters. The van der Waals surface area contributed by atoms with Crippen molar-refractivity contribution in [3.05, 3.63) is 65.7 Å². The molecule has 8 heteroatoms. The molecule has 0 aliphatic carbocycles. The number of morpholine rings is 1. The van der Waals surface area contributed by atoms with E-state index in [2.05, 4.69) is 5.32 Å². The Hall–Kier alpha value is -3.23. The monoisotopic (exact) mass is 396 g/mol. The topological polar surface area (TPSA) is 129 Å². The third kappa shape index (κ3) is 4.28. The lowest BCUT2D eigenvalue weighted by molar-refractivity contribution is -0.190. The van der Waals surface area contributed by atoms with Crippen molar-refractivity contribution in [1.29, 1.82) is 5.41 Å². The molecule has 2 aromatic carbocycles. The maximum atomic E-state index is 13.0. The number of carbonyl (C=O) groups excluding carboxylic acids is 2. The van der Waals surface area contributed by atoms with Gasteiger partial charge in [-0.25, -0.2) is 0 Å². The van der Waals surface area contributed by atoms with Gasteiger partial charge >= 0.3 is 0 Å². The summed E-state index contributed by atoms with van der Waals surface area (Å²) >= 11 is 0. The number of carbonyl (C=O) groups is 2. The molecule has 2 aromatic rings. The average molecular weight is 396 g/mol. The van der Waals surface area contributed by atoms with E-state index < -0.39 is 23.5 Å². The second kappa shape index (κ2) is 8.42. The first-order chi connectivity index (χ1) is 13.8. The van der Waals surface area contributed by atoms with Gasteiger partial charge in [-0.1, -0.05) is 30.3 Å². The molecule has 0 aromatic heterocycles. The van der Waals surface area contributed by atoms with Gasteiger partial charge in [-0.15, -0.1) is 0 Å². The number of aliphatic hydroxyl groups is 1. The van der Waals surface area contributed by atoms with Crippen LogP contribution in [0.5, 0.6) is 0 Å². The summed E-state index contributed by atoms with van der Waals surface area (Å²) in [5.41, 5.74) is 5.41. The van der Waals surface area contributed by atoms with Gasteiger partial charge in [-0.3, -0.25) is 15.0 Å². The molecule has 1 heterocycles. The van der Waals surface area contributed by atoms with Gasteiger partial charge in [-0.05, 0) is 29.8 Å². The number of amidine groups is 1. The van der Waals surface area contributed by atoms with Crippen LogP contribution in [-0.4, -0.2) is 59.6 Å². The minimum absolute atomic E-state index is 0.0644. The summed E-state index contributed by atoms with van der Waals surface area (Å²) in [7, 11) is 1.62. The minimum Gasteiger partial charge on any atom is -0.384 e. The first-order valence-electron chi connectivity index (χ1n) is 9.20. The van der Waals surface area contributed by atoms with Crippen LogP contribution in [0.3, 0.4) is 0 Å². The Morgan fingerprint density at radius 3 is 2.55 bits per heavy atom. The summed E-state index contributed by atoms with van der Waals surface area (Å²) < 4.78 is 5.78. The minimum atomic E-state index is -1.72. The standard InChI is InChI=1S/C21H24N4O4/c1-25-11-12-29-21(20(25)28,13-14-5-3-2-4-6-14)17(26)19(27)24-16-9-7-15(8-10-16)18(22)23/h2-10,17,26H,11-13H2,1H3,(H3,22,23)(H,24,27)/t17-,21+/m0/s1. The number of amides is 2. The van der Waals surface area contributed by atoms with Gasteiger partial charge in [0, 0.05) is 31.3 Å². The zero-order valence-corrected chi connectivity index (χ0v) is 16.1. The van der Waals surface area contributed by atoms with Crippen LogP contribution < -0.4 is 11.1 Å². The predicted octanol–water partition coefficient (Wildman–Crippen LogP) is 0.740. The van der Waals surface area contributed by atoms with E-state index in [9.17, 15) is 14.7 Å². The van der Waals surface area contributed by atoms with Gasteiger partial charge in [0.05, 0.1) is 6.61 Å². The average Bonchev–Trinajstić information content (AvgIpc) is 2.72. The fourth-order valence-corrected chi connectivity index (χ4v) is 3.32. The Morgan fingerprint density at radius 1 is 1.28 bits per heavy atom. The fraction of sp³-hybridized carbons (Fsp3) is 0.286. The first-order valence-corrected chi connectivity index (χ1v) is 9.20. The highest BCUT2D eigenvalue weighted by Crippen LogP contribution is 2.29. The molecule has 2 amide bonds. The highest BCUT2D eigenvalue weighted by Gasteiger charge is 2.53. The van der Waals surface area contributed by atoms with Gasteiger partial charge in [0.2, 0.25) is 0 Å². The maximum Gasteiger partial charge on any atom is 0.258 e. The zero-order valence-electron chi connectivity index (χ0n) is 16.1. The highest BCUT2D eigenvalue weighted by molar-refractivity contribution is 6.01. The largest absolute Gasteiger partial charge is 0.384 e. The summed E-state index contributed by atoms with van der Waals surface area (Å²) in [6.07, 6.45) is -1.65. The van der Waals surface area contributed by atoms with E-state index >= 15 is 0 Å². The second-order valence-electron chi connectivity index (χ2n) is 7.01. The van der Waals surface area contributed by atoms with Gasteiger partial charge < -0.3 is 25.8 Å². The Bertz CT molecular complexity index is 901. The van der Waals surface area contributed by atoms with Crippen LogP contribution >= 0.6 is 0 Å². The van der Waals surface area contributed by atoms with Crippen molar-refractivity contribution in [2.45, 2.75) is 18.1 Å². The molecule has 152 valence electrons. The van der Waals surface area contributed by atoms with Gasteiger partial charge in [-0.2, -0.15) is 0 Å². The van der Waals surface area contributed by atoms with Crippen molar-refractivity contribution in [3.63, 3.8) is 0 Å². The van der Waals surface area contributed by atoms with Crippen molar-refractivity contribution in [2.75, 3.05) is 25.5 Å². The maximum absolute atomic E-state index is 13.0. The van der Waals surface area contributed by atoms with Crippen LogP contribution in [0.15, 0.2) is 54.6 Å². The number of rotatable bonds is 6. The third-order valence-corrected chi connectivity index (χ3v) is 4.96. The molecule has 1 fully saturated rings. The van der Waals surface area contributed by atoms with E-state index in [0.717, 1.165) is 5.56 Å². The molecule has 8 nitrogen and oxygen atoms in total. The van der Waals surface area contributed by atoms with E-state index in [-0.39, 0.29) is 18.9 Å². The summed E-state index contributed by atoms with van der Waals surface area (Å²) in [6.45, 7) is 0.600. The third-order valence-electron chi connectivity index (χ3n) is 4.96. The molecule has 3 rings (SSSR count). The zero-order chi connectivity index (χ0) is 21.0. The number of hydrogen-bond donors (Lipinski definition) is 4. The van der Waals surface area contributed by atoms with Gasteiger partial charge in [0.25, 0.3) is 11.8 Å². The summed E-state index contributed by atoms with van der Waals surface area (Å²) in [5, 5.41) is 20.9. The molecule has 1 aliphatic rings. The van der Waals surface area contributed by atoms with Crippen LogP contribution in [0.4, 0.5) is 5.69 Å². The number of nitrogens with zero attached hydrogens (tertiary/aromatic N) is 1. The molecule has 1 saturated heterocycles. The fourth-order valence-electron chi connectivity index (χ4n) is 3.32. The van der Waals surface area contributed by atoms with Crippen LogP contribution in [-0.2, 0) is 20.7 Å². The molecule has 29 heavy (non-hydrogen) atoms. The lowest BCUT2D eigenvalue weighted by atomic mass is 9.85. The van der Waals surface area contributed by atoms with E-state index in [4.69, 9.17) is 15.9 Å². The Kier molecular flexibility index (Phi) is 5.95. The Balaban J connectivity index is 1.85. The summed E-state index contributed by atoms with van der Waals surface area (Å²) in [5.74, 6) is -1.28. The number of hydrogen-bond acceptors (Lipinski definition) is 5. The Labute approximate surface area is 168 Å². The molecular formula is C21H24N4O4. The van der Waals surface area contributed by atoms with Crippen LogP contribution in [0.25, 0.3) is 0 Å². The predicted molar refractivity (Wildman–Crippen MR) is 109 cm³/mol. The number of anilines is 1. The van der Waals surface area contributed by atoms with E-state index in [1.165, 1.54) is 4.90 Å². The molecule has 0 saturated carbocycles. The van der Waals surface area contributed by atoms with Gasteiger partial charge in [0.1, 0.15) is 5.84 Å². The highest BCUT2D eigenvalue weighted by atomic mass is 16.5. The number of benzene rings is 2. The van der Waals surface area contributed by atoms with Crippen LogP contribution in [0.2, 0.25) is 0 Å². The molecule has 0 spiro atoms. The van der Waals surface area contributed by atoms with Crippen LogP contribution in [0, 0.1) is 5.41 Å². The lowest BCUT2D eigenvalue weighted by Gasteiger charge is -2.42. The summed E-state index contributed by atoms with van der Waals surface area (Å²) in [6, 6.07) is 15.4. The van der Waals surface area contributed by atoms with Crippen LogP contribution in [0.1, 0.15) is 11.1 Å².